The monoisotopic (exact) mass is 285 g/mol. The van der Waals surface area contributed by atoms with Crippen LogP contribution in [0.4, 0.5) is 4.79 Å². The third-order valence-corrected chi connectivity index (χ3v) is 3.24. The van der Waals surface area contributed by atoms with Crippen molar-refractivity contribution in [3.05, 3.63) is 0 Å². The lowest BCUT2D eigenvalue weighted by atomic mass is 10.1. The van der Waals surface area contributed by atoms with Gasteiger partial charge in [-0.2, -0.15) is 0 Å². The minimum atomic E-state index is -0.829. The Morgan fingerprint density at radius 2 is 2.00 bits per heavy atom. The van der Waals surface area contributed by atoms with Crippen molar-refractivity contribution in [2.45, 2.75) is 32.6 Å². The van der Waals surface area contributed by atoms with Gasteiger partial charge in [-0.25, -0.2) is 4.79 Å². The molecule has 0 aromatic heterocycles. The first-order valence-corrected chi connectivity index (χ1v) is 7.04. The van der Waals surface area contributed by atoms with E-state index in [1.807, 2.05) is 6.92 Å². The molecule has 7 heteroatoms. The summed E-state index contributed by atoms with van der Waals surface area (Å²) in [5, 5.41) is 14.1. The Labute approximate surface area is 118 Å². The molecule has 0 spiro atoms. The molecule has 1 aliphatic heterocycles. The van der Waals surface area contributed by atoms with Crippen LogP contribution in [0.25, 0.3) is 0 Å². The molecule has 0 aromatic rings. The molecule has 20 heavy (non-hydrogen) atoms. The molecule has 0 saturated carbocycles. The number of likely N-dealkylation sites (tertiary alicyclic amines) is 1. The summed E-state index contributed by atoms with van der Waals surface area (Å²) in [5.74, 6) is -0.867. The van der Waals surface area contributed by atoms with Gasteiger partial charge in [0.05, 0.1) is 0 Å². The van der Waals surface area contributed by atoms with E-state index in [1.165, 1.54) is 0 Å². The quantitative estimate of drug-likeness (QED) is 0.631. The topological polar surface area (TPSA) is 98.7 Å². The average Bonchev–Trinajstić information content (AvgIpc) is 2.83. The van der Waals surface area contributed by atoms with Crippen LogP contribution in [-0.4, -0.2) is 54.1 Å². The van der Waals surface area contributed by atoms with E-state index in [2.05, 4.69) is 10.6 Å². The maximum atomic E-state index is 11.8. The Balaban J connectivity index is 2.17. The van der Waals surface area contributed by atoms with Gasteiger partial charge in [0, 0.05) is 39.0 Å². The molecule has 1 unspecified atom stereocenters. The van der Waals surface area contributed by atoms with Gasteiger partial charge in [-0.15, -0.1) is 0 Å². The first-order chi connectivity index (χ1) is 9.52. The van der Waals surface area contributed by atoms with E-state index in [0.29, 0.717) is 26.2 Å². The molecule has 3 amide bonds. The van der Waals surface area contributed by atoms with Crippen LogP contribution in [0.15, 0.2) is 0 Å². The molecule has 1 saturated heterocycles. The van der Waals surface area contributed by atoms with E-state index in [9.17, 15) is 14.4 Å². The van der Waals surface area contributed by atoms with Crippen molar-refractivity contribution < 1.29 is 19.5 Å². The van der Waals surface area contributed by atoms with Crippen molar-refractivity contribution >= 4 is 17.9 Å². The van der Waals surface area contributed by atoms with Crippen molar-refractivity contribution in [1.29, 1.82) is 0 Å². The van der Waals surface area contributed by atoms with E-state index in [1.54, 1.807) is 4.90 Å². The SMILES string of the molecule is CCCNC(=O)CCNC(=O)N1CCC(CC(=O)O)C1. The van der Waals surface area contributed by atoms with Crippen LogP contribution < -0.4 is 10.6 Å². The second-order valence-electron chi connectivity index (χ2n) is 5.03. The van der Waals surface area contributed by atoms with Gasteiger partial charge < -0.3 is 20.6 Å². The van der Waals surface area contributed by atoms with E-state index in [4.69, 9.17) is 5.11 Å². The van der Waals surface area contributed by atoms with Crippen molar-refractivity contribution in [3.63, 3.8) is 0 Å². The summed E-state index contributed by atoms with van der Waals surface area (Å²) < 4.78 is 0. The molecule has 1 atom stereocenters. The lowest BCUT2D eigenvalue weighted by Gasteiger charge is -2.17. The van der Waals surface area contributed by atoms with Crippen LogP contribution in [0.5, 0.6) is 0 Å². The summed E-state index contributed by atoms with van der Waals surface area (Å²) in [4.78, 5) is 35.4. The molecule has 1 fully saturated rings. The Hall–Kier alpha value is -1.79. The normalized spacial score (nSPS) is 17.9. The van der Waals surface area contributed by atoms with Gasteiger partial charge in [-0.3, -0.25) is 9.59 Å². The summed E-state index contributed by atoms with van der Waals surface area (Å²) in [6.45, 7) is 3.97. The zero-order valence-electron chi connectivity index (χ0n) is 11.9. The molecule has 114 valence electrons. The number of carboxylic acid groups (broad SMARTS) is 1. The van der Waals surface area contributed by atoms with Gasteiger partial charge in [0.2, 0.25) is 5.91 Å². The fraction of sp³-hybridized carbons (Fsp3) is 0.769. The minimum Gasteiger partial charge on any atom is -0.481 e. The average molecular weight is 285 g/mol. The Kier molecular flexibility index (Phi) is 6.83. The van der Waals surface area contributed by atoms with Crippen molar-refractivity contribution in [1.82, 2.24) is 15.5 Å². The maximum absolute atomic E-state index is 11.8. The number of rotatable bonds is 7. The van der Waals surface area contributed by atoms with E-state index in [-0.39, 0.29) is 30.7 Å². The summed E-state index contributed by atoms with van der Waals surface area (Å²) in [6.07, 6.45) is 1.97. The van der Waals surface area contributed by atoms with Crippen LogP contribution in [-0.2, 0) is 9.59 Å². The molecule has 0 aliphatic carbocycles. The Morgan fingerprint density at radius 3 is 2.65 bits per heavy atom. The first kappa shape index (κ1) is 16.3. The fourth-order valence-electron chi connectivity index (χ4n) is 2.18. The molecule has 0 aromatic carbocycles. The van der Waals surface area contributed by atoms with Crippen LogP contribution in [0.2, 0.25) is 0 Å². The Bertz CT molecular complexity index is 360. The lowest BCUT2D eigenvalue weighted by molar-refractivity contribution is -0.138. The number of carbonyl (C=O) groups excluding carboxylic acids is 2. The van der Waals surface area contributed by atoms with Gasteiger partial charge >= 0.3 is 12.0 Å². The number of urea groups is 1. The third-order valence-electron chi connectivity index (χ3n) is 3.24. The number of amides is 3. The van der Waals surface area contributed by atoms with Crippen molar-refractivity contribution in [2.24, 2.45) is 5.92 Å². The summed E-state index contributed by atoms with van der Waals surface area (Å²) >= 11 is 0. The fourth-order valence-corrected chi connectivity index (χ4v) is 2.18. The molecule has 7 nitrogen and oxygen atoms in total. The molecular weight excluding hydrogens is 262 g/mol. The summed E-state index contributed by atoms with van der Waals surface area (Å²) in [6, 6.07) is -0.221. The van der Waals surface area contributed by atoms with Gasteiger partial charge in [0.1, 0.15) is 0 Å². The van der Waals surface area contributed by atoms with E-state index in [0.717, 1.165) is 12.8 Å². The lowest BCUT2D eigenvalue weighted by Crippen LogP contribution is -2.40. The van der Waals surface area contributed by atoms with Crippen LogP contribution in [0, 0.1) is 5.92 Å². The molecule has 1 heterocycles. The highest BCUT2D eigenvalue weighted by Crippen LogP contribution is 2.19. The van der Waals surface area contributed by atoms with E-state index >= 15 is 0 Å². The zero-order valence-corrected chi connectivity index (χ0v) is 11.9. The van der Waals surface area contributed by atoms with Gasteiger partial charge in [-0.1, -0.05) is 6.92 Å². The largest absolute Gasteiger partial charge is 0.481 e. The van der Waals surface area contributed by atoms with Gasteiger partial charge in [0.15, 0.2) is 0 Å². The highest BCUT2D eigenvalue weighted by atomic mass is 16.4. The minimum absolute atomic E-state index is 0.0334. The number of nitrogens with one attached hydrogen (secondary N) is 2. The highest BCUT2D eigenvalue weighted by molar-refractivity contribution is 5.78. The molecule has 3 N–H and O–H groups in total. The van der Waals surface area contributed by atoms with Gasteiger partial charge in [0.25, 0.3) is 0 Å². The van der Waals surface area contributed by atoms with Crippen molar-refractivity contribution in [3.8, 4) is 0 Å². The van der Waals surface area contributed by atoms with Crippen molar-refractivity contribution in [2.75, 3.05) is 26.2 Å². The predicted molar refractivity (Wildman–Crippen MR) is 73.2 cm³/mol. The number of aliphatic carboxylic acids is 1. The van der Waals surface area contributed by atoms with Gasteiger partial charge in [-0.05, 0) is 18.8 Å². The first-order valence-electron chi connectivity index (χ1n) is 7.04. The van der Waals surface area contributed by atoms with Crippen LogP contribution in [0.3, 0.4) is 0 Å². The second kappa shape index (κ2) is 8.39. The van der Waals surface area contributed by atoms with Crippen LogP contribution in [0.1, 0.15) is 32.6 Å². The number of carbonyl (C=O) groups is 3. The number of hydrogen-bond acceptors (Lipinski definition) is 3. The maximum Gasteiger partial charge on any atom is 0.317 e. The predicted octanol–water partition coefficient (Wildman–Crippen LogP) is 0.409. The molecule has 0 bridgehead atoms. The van der Waals surface area contributed by atoms with E-state index < -0.39 is 5.97 Å². The number of hydrogen-bond donors (Lipinski definition) is 3. The molecule has 1 rings (SSSR count). The molecule has 0 radical (unpaired) electrons. The molecular formula is C13H23N3O4. The third kappa shape index (κ3) is 5.90. The zero-order chi connectivity index (χ0) is 15.0. The molecule has 1 aliphatic rings. The summed E-state index contributed by atoms with van der Waals surface area (Å²) in [7, 11) is 0. The standard InChI is InChI=1S/C13H23N3O4/c1-2-5-14-11(17)3-6-15-13(20)16-7-4-10(9-16)8-12(18)19/h10H,2-9H2,1H3,(H,14,17)(H,15,20)(H,18,19). The smallest absolute Gasteiger partial charge is 0.317 e. The number of carboxylic acids is 1. The number of nitrogens with zero attached hydrogens (tertiary/aromatic N) is 1. The van der Waals surface area contributed by atoms with Crippen LogP contribution >= 0.6 is 0 Å². The summed E-state index contributed by atoms with van der Waals surface area (Å²) in [5.41, 5.74) is 0. The highest BCUT2D eigenvalue weighted by Gasteiger charge is 2.27. The Morgan fingerprint density at radius 1 is 1.25 bits per heavy atom. The second-order valence-corrected chi connectivity index (χ2v) is 5.03.